The van der Waals surface area contributed by atoms with Gasteiger partial charge in [-0.15, -0.1) is 0 Å². The molecule has 1 amide bonds. The molecule has 6 heteroatoms. The first-order chi connectivity index (χ1) is 10.3. The third kappa shape index (κ3) is 2.05. The number of rotatable bonds is 2. The van der Waals surface area contributed by atoms with Crippen LogP contribution in [-0.4, -0.2) is 43.6 Å². The molecule has 0 atom stereocenters. The summed E-state index contributed by atoms with van der Waals surface area (Å²) in [6.07, 6.45) is 6.96. The molecule has 1 aliphatic heterocycles. The number of hydrogen-bond donors (Lipinski definition) is 0. The molecule has 1 aliphatic rings. The first-order valence-corrected chi connectivity index (χ1v) is 6.80. The molecule has 0 spiro atoms. The first-order valence-electron chi connectivity index (χ1n) is 6.80. The molecule has 0 saturated carbocycles. The van der Waals surface area contributed by atoms with E-state index in [0.717, 1.165) is 11.0 Å². The van der Waals surface area contributed by atoms with E-state index in [4.69, 9.17) is 0 Å². The van der Waals surface area contributed by atoms with E-state index in [1.807, 2.05) is 27.9 Å². The molecule has 3 heterocycles. The van der Waals surface area contributed by atoms with Crippen LogP contribution >= 0.6 is 0 Å². The lowest BCUT2D eigenvalue weighted by Gasteiger charge is -2.39. The molecule has 4 rings (SSSR count). The van der Waals surface area contributed by atoms with Gasteiger partial charge in [-0.1, -0.05) is 0 Å². The summed E-state index contributed by atoms with van der Waals surface area (Å²) in [5.74, 6) is 0.0333. The van der Waals surface area contributed by atoms with Crippen molar-refractivity contribution >= 4 is 16.9 Å². The van der Waals surface area contributed by atoms with E-state index in [0.29, 0.717) is 18.7 Å². The summed E-state index contributed by atoms with van der Waals surface area (Å²) in [5, 5.41) is 4.21. The Kier molecular flexibility index (Phi) is 2.67. The van der Waals surface area contributed by atoms with Gasteiger partial charge in [0, 0.05) is 43.4 Å². The number of likely N-dealkylation sites (tertiary alicyclic amines) is 1. The standard InChI is InChI=1S/C15H13N5O/c21-15(19-9-12(10-19)20-7-1-4-18-20)11-2-3-13-14(8-11)17-6-5-16-13/h1-8,12H,9-10H2. The van der Waals surface area contributed by atoms with Crippen LogP contribution in [0, 0.1) is 0 Å². The SMILES string of the molecule is O=C(c1ccc2nccnc2c1)N1CC(n2cccn2)C1. The van der Waals surface area contributed by atoms with Crippen molar-refractivity contribution in [2.24, 2.45) is 0 Å². The smallest absolute Gasteiger partial charge is 0.254 e. The average Bonchev–Trinajstić information content (AvgIpc) is 2.99. The molecule has 0 aliphatic carbocycles. The van der Waals surface area contributed by atoms with Crippen molar-refractivity contribution in [2.45, 2.75) is 6.04 Å². The summed E-state index contributed by atoms with van der Waals surface area (Å²) in [4.78, 5) is 22.7. The number of amides is 1. The lowest BCUT2D eigenvalue weighted by atomic mass is 10.1. The van der Waals surface area contributed by atoms with Gasteiger partial charge < -0.3 is 4.90 Å². The van der Waals surface area contributed by atoms with Gasteiger partial charge in [-0.05, 0) is 24.3 Å². The maximum absolute atomic E-state index is 12.4. The van der Waals surface area contributed by atoms with E-state index in [2.05, 4.69) is 15.1 Å². The van der Waals surface area contributed by atoms with Gasteiger partial charge in [0.15, 0.2) is 0 Å². The number of nitrogens with zero attached hydrogens (tertiary/aromatic N) is 5. The fraction of sp³-hybridized carbons (Fsp3) is 0.200. The van der Waals surface area contributed by atoms with Crippen LogP contribution in [0.15, 0.2) is 49.1 Å². The summed E-state index contributed by atoms with van der Waals surface area (Å²) < 4.78 is 1.90. The number of carbonyl (C=O) groups is 1. The Hall–Kier alpha value is -2.76. The topological polar surface area (TPSA) is 63.9 Å². The van der Waals surface area contributed by atoms with Crippen LogP contribution in [0.2, 0.25) is 0 Å². The van der Waals surface area contributed by atoms with Gasteiger partial charge in [0.25, 0.3) is 5.91 Å². The second-order valence-corrected chi connectivity index (χ2v) is 5.11. The Balaban J connectivity index is 1.52. The van der Waals surface area contributed by atoms with Gasteiger partial charge >= 0.3 is 0 Å². The zero-order valence-electron chi connectivity index (χ0n) is 11.3. The van der Waals surface area contributed by atoms with Crippen molar-refractivity contribution < 1.29 is 4.79 Å². The van der Waals surface area contributed by atoms with E-state index in [1.54, 1.807) is 30.7 Å². The molecular formula is C15H13N5O. The minimum Gasteiger partial charge on any atom is -0.334 e. The summed E-state index contributed by atoms with van der Waals surface area (Å²) in [5.41, 5.74) is 2.20. The van der Waals surface area contributed by atoms with Crippen molar-refractivity contribution in [3.05, 3.63) is 54.6 Å². The fourth-order valence-electron chi connectivity index (χ4n) is 2.56. The third-order valence-electron chi connectivity index (χ3n) is 3.76. The number of aromatic nitrogens is 4. The second kappa shape index (κ2) is 4.66. The van der Waals surface area contributed by atoms with Crippen molar-refractivity contribution in [1.29, 1.82) is 0 Å². The predicted octanol–water partition coefficient (Wildman–Crippen LogP) is 1.52. The van der Waals surface area contributed by atoms with Crippen molar-refractivity contribution in [1.82, 2.24) is 24.6 Å². The Morgan fingerprint density at radius 1 is 1.10 bits per heavy atom. The van der Waals surface area contributed by atoms with E-state index in [9.17, 15) is 4.79 Å². The van der Waals surface area contributed by atoms with Crippen LogP contribution in [0.5, 0.6) is 0 Å². The Bertz CT molecular complexity index is 793. The van der Waals surface area contributed by atoms with Gasteiger partial charge in [0.2, 0.25) is 0 Å². The van der Waals surface area contributed by atoms with E-state index < -0.39 is 0 Å². The number of hydrogen-bond acceptors (Lipinski definition) is 4. The molecule has 0 unspecified atom stereocenters. The van der Waals surface area contributed by atoms with E-state index >= 15 is 0 Å². The third-order valence-corrected chi connectivity index (χ3v) is 3.76. The van der Waals surface area contributed by atoms with E-state index in [1.165, 1.54) is 0 Å². The predicted molar refractivity (Wildman–Crippen MR) is 76.7 cm³/mol. The van der Waals surface area contributed by atoms with Crippen LogP contribution in [0.4, 0.5) is 0 Å². The van der Waals surface area contributed by atoms with Crippen LogP contribution in [-0.2, 0) is 0 Å². The quantitative estimate of drug-likeness (QED) is 0.713. The second-order valence-electron chi connectivity index (χ2n) is 5.11. The lowest BCUT2D eigenvalue weighted by molar-refractivity contribution is 0.0502. The molecule has 1 aromatic carbocycles. The van der Waals surface area contributed by atoms with E-state index in [-0.39, 0.29) is 11.9 Å². The molecule has 2 aromatic heterocycles. The van der Waals surface area contributed by atoms with Crippen molar-refractivity contribution in [2.75, 3.05) is 13.1 Å². The Morgan fingerprint density at radius 2 is 1.90 bits per heavy atom. The lowest BCUT2D eigenvalue weighted by Crippen LogP contribution is -2.50. The summed E-state index contributed by atoms with van der Waals surface area (Å²) in [6.45, 7) is 1.39. The van der Waals surface area contributed by atoms with Crippen LogP contribution in [0.1, 0.15) is 16.4 Å². The summed E-state index contributed by atoms with van der Waals surface area (Å²) in [6, 6.07) is 7.61. The molecule has 3 aromatic rings. The van der Waals surface area contributed by atoms with Crippen molar-refractivity contribution in [3.63, 3.8) is 0 Å². The minimum absolute atomic E-state index is 0.0333. The zero-order valence-corrected chi connectivity index (χ0v) is 11.3. The molecule has 21 heavy (non-hydrogen) atoms. The molecule has 0 N–H and O–H groups in total. The maximum atomic E-state index is 12.4. The number of benzene rings is 1. The van der Waals surface area contributed by atoms with Gasteiger partial charge in [0.05, 0.1) is 17.1 Å². The maximum Gasteiger partial charge on any atom is 0.254 e. The Labute approximate surface area is 121 Å². The van der Waals surface area contributed by atoms with Crippen LogP contribution in [0.25, 0.3) is 11.0 Å². The molecule has 104 valence electrons. The summed E-state index contributed by atoms with van der Waals surface area (Å²) in [7, 11) is 0. The number of carbonyl (C=O) groups excluding carboxylic acids is 1. The monoisotopic (exact) mass is 279 g/mol. The average molecular weight is 279 g/mol. The highest BCUT2D eigenvalue weighted by molar-refractivity contribution is 5.97. The van der Waals surface area contributed by atoms with Gasteiger partial charge in [0.1, 0.15) is 0 Å². The molecular weight excluding hydrogens is 266 g/mol. The molecule has 1 saturated heterocycles. The molecule has 0 radical (unpaired) electrons. The van der Waals surface area contributed by atoms with Gasteiger partial charge in [-0.25, -0.2) is 0 Å². The highest BCUT2D eigenvalue weighted by Gasteiger charge is 2.32. The largest absolute Gasteiger partial charge is 0.334 e. The van der Waals surface area contributed by atoms with Crippen LogP contribution in [0.3, 0.4) is 0 Å². The number of fused-ring (bicyclic) bond motifs is 1. The zero-order chi connectivity index (χ0) is 14.2. The highest BCUT2D eigenvalue weighted by atomic mass is 16.2. The van der Waals surface area contributed by atoms with Gasteiger partial charge in [-0.2, -0.15) is 5.10 Å². The Morgan fingerprint density at radius 3 is 2.67 bits per heavy atom. The normalized spacial score (nSPS) is 15.1. The highest BCUT2D eigenvalue weighted by Crippen LogP contribution is 2.23. The summed E-state index contributed by atoms with van der Waals surface area (Å²) >= 11 is 0. The minimum atomic E-state index is 0.0333. The first kappa shape index (κ1) is 12.0. The fourth-order valence-corrected chi connectivity index (χ4v) is 2.56. The van der Waals surface area contributed by atoms with Crippen LogP contribution < -0.4 is 0 Å². The molecule has 1 fully saturated rings. The van der Waals surface area contributed by atoms with Gasteiger partial charge in [-0.3, -0.25) is 19.4 Å². The molecule has 6 nitrogen and oxygen atoms in total. The van der Waals surface area contributed by atoms with Crippen molar-refractivity contribution in [3.8, 4) is 0 Å². The molecule has 0 bridgehead atoms.